The first-order chi connectivity index (χ1) is 6.06. The number of rotatable bonds is 2. The molecule has 0 amide bonds. The van der Waals surface area contributed by atoms with Crippen LogP contribution in [0.15, 0.2) is 12.1 Å². The van der Waals surface area contributed by atoms with Crippen molar-refractivity contribution in [1.29, 1.82) is 0 Å². The number of aryl methyl sites for hydroxylation is 1. The molecular formula is C12H17Cl. The van der Waals surface area contributed by atoms with Crippen LogP contribution in [0.2, 0.25) is 0 Å². The monoisotopic (exact) mass is 196 g/mol. The topological polar surface area (TPSA) is 0 Å². The van der Waals surface area contributed by atoms with Gasteiger partial charge in [-0.15, -0.1) is 11.6 Å². The van der Waals surface area contributed by atoms with E-state index in [9.17, 15) is 0 Å². The Morgan fingerprint density at radius 3 is 2.31 bits per heavy atom. The van der Waals surface area contributed by atoms with Crippen LogP contribution in [-0.2, 0) is 5.88 Å². The average Bonchev–Trinajstić information content (AvgIpc) is 2.08. The number of hydrogen-bond acceptors (Lipinski definition) is 0. The maximum atomic E-state index is 5.88. The lowest BCUT2D eigenvalue weighted by molar-refractivity contribution is 0.851. The molecule has 0 radical (unpaired) electrons. The molecule has 72 valence electrons. The van der Waals surface area contributed by atoms with Crippen LogP contribution in [0.4, 0.5) is 0 Å². The normalized spacial score (nSPS) is 10.9. The molecule has 0 aliphatic rings. The third-order valence-electron chi connectivity index (χ3n) is 2.47. The molecule has 0 N–H and O–H groups in total. The highest BCUT2D eigenvalue weighted by atomic mass is 35.5. The van der Waals surface area contributed by atoms with E-state index in [1.807, 2.05) is 0 Å². The van der Waals surface area contributed by atoms with Crippen molar-refractivity contribution in [1.82, 2.24) is 0 Å². The lowest BCUT2D eigenvalue weighted by Gasteiger charge is -2.14. The Hall–Kier alpha value is -0.490. The highest BCUT2D eigenvalue weighted by Crippen LogP contribution is 2.24. The molecule has 0 nitrogen and oxygen atoms in total. The molecular weight excluding hydrogens is 180 g/mol. The largest absolute Gasteiger partial charge is 0.122 e. The fourth-order valence-corrected chi connectivity index (χ4v) is 1.98. The maximum Gasteiger partial charge on any atom is 0.0476 e. The highest BCUT2D eigenvalue weighted by Gasteiger charge is 2.07. The molecule has 0 heterocycles. The molecule has 0 spiro atoms. The standard InChI is InChI=1S/C12H17Cl/c1-8(2)12-6-9(3)5-11(7-13)10(12)4/h5-6,8H,7H2,1-4H3. The molecule has 1 aromatic carbocycles. The molecule has 0 bridgehead atoms. The Balaban J connectivity index is 3.27. The zero-order valence-corrected chi connectivity index (χ0v) is 9.57. The Bertz CT molecular complexity index is 300. The van der Waals surface area contributed by atoms with Gasteiger partial charge < -0.3 is 0 Å². The summed E-state index contributed by atoms with van der Waals surface area (Å²) in [6, 6.07) is 4.43. The highest BCUT2D eigenvalue weighted by molar-refractivity contribution is 6.17. The van der Waals surface area contributed by atoms with Gasteiger partial charge in [-0.3, -0.25) is 0 Å². The summed E-state index contributed by atoms with van der Waals surface area (Å²) in [6.07, 6.45) is 0. The summed E-state index contributed by atoms with van der Waals surface area (Å²) in [5.41, 5.74) is 5.36. The average molecular weight is 197 g/mol. The van der Waals surface area contributed by atoms with Crippen molar-refractivity contribution in [2.75, 3.05) is 0 Å². The minimum Gasteiger partial charge on any atom is -0.122 e. The van der Waals surface area contributed by atoms with Gasteiger partial charge in [0.2, 0.25) is 0 Å². The fourth-order valence-electron chi connectivity index (χ4n) is 1.70. The Morgan fingerprint density at radius 1 is 1.23 bits per heavy atom. The van der Waals surface area contributed by atoms with Gasteiger partial charge in [0, 0.05) is 5.88 Å². The lowest BCUT2D eigenvalue weighted by atomic mass is 9.93. The molecule has 13 heavy (non-hydrogen) atoms. The second kappa shape index (κ2) is 4.15. The molecule has 0 saturated carbocycles. The van der Waals surface area contributed by atoms with Gasteiger partial charge in [-0.2, -0.15) is 0 Å². The molecule has 0 unspecified atom stereocenters. The first kappa shape index (κ1) is 10.6. The first-order valence-electron chi connectivity index (χ1n) is 4.72. The molecule has 0 atom stereocenters. The van der Waals surface area contributed by atoms with Gasteiger partial charge in [0.1, 0.15) is 0 Å². The fraction of sp³-hybridized carbons (Fsp3) is 0.500. The zero-order chi connectivity index (χ0) is 10.0. The summed E-state index contributed by atoms with van der Waals surface area (Å²) < 4.78 is 0. The minimum absolute atomic E-state index is 0.585. The number of hydrogen-bond donors (Lipinski definition) is 0. The molecule has 0 aliphatic carbocycles. The Morgan fingerprint density at radius 2 is 1.85 bits per heavy atom. The minimum atomic E-state index is 0.585. The van der Waals surface area contributed by atoms with Crippen LogP contribution in [0.1, 0.15) is 42.0 Å². The van der Waals surface area contributed by atoms with Gasteiger partial charge in [0.05, 0.1) is 0 Å². The van der Waals surface area contributed by atoms with Gasteiger partial charge in [0.25, 0.3) is 0 Å². The number of benzene rings is 1. The second-order valence-electron chi connectivity index (χ2n) is 3.93. The summed E-state index contributed by atoms with van der Waals surface area (Å²) in [7, 11) is 0. The van der Waals surface area contributed by atoms with Crippen LogP contribution in [0.5, 0.6) is 0 Å². The Kier molecular flexibility index (Phi) is 3.38. The first-order valence-corrected chi connectivity index (χ1v) is 5.25. The predicted molar refractivity (Wildman–Crippen MR) is 59.6 cm³/mol. The van der Waals surface area contributed by atoms with Crippen molar-refractivity contribution >= 4 is 11.6 Å². The van der Waals surface area contributed by atoms with Crippen molar-refractivity contribution in [3.63, 3.8) is 0 Å². The van der Waals surface area contributed by atoms with Crippen molar-refractivity contribution in [2.24, 2.45) is 0 Å². The van der Waals surface area contributed by atoms with Crippen LogP contribution in [0, 0.1) is 13.8 Å². The second-order valence-corrected chi connectivity index (χ2v) is 4.19. The summed E-state index contributed by atoms with van der Waals surface area (Å²) in [4.78, 5) is 0. The molecule has 1 heteroatoms. The van der Waals surface area contributed by atoms with E-state index in [0.29, 0.717) is 11.8 Å². The zero-order valence-electron chi connectivity index (χ0n) is 8.82. The quantitative estimate of drug-likeness (QED) is 0.623. The van der Waals surface area contributed by atoms with Crippen LogP contribution >= 0.6 is 11.6 Å². The lowest BCUT2D eigenvalue weighted by Crippen LogP contribution is -1.97. The third-order valence-corrected chi connectivity index (χ3v) is 2.75. The van der Waals surface area contributed by atoms with E-state index < -0.39 is 0 Å². The van der Waals surface area contributed by atoms with E-state index in [0.717, 1.165) is 0 Å². The van der Waals surface area contributed by atoms with E-state index >= 15 is 0 Å². The molecule has 0 saturated heterocycles. The van der Waals surface area contributed by atoms with Gasteiger partial charge >= 0.3 is 0 Å². The van der Waals surface area contributed by atoms with Crippen molar-refractivity contribution in [3.8, 4) is 0 Å². The molecule has 1 rings (SSSR count). The summed E-state index contributed by atoms with van der Waals surface area (Å²) in [5, 5.41) is 0. The third kappa shape index (κ3) is 2.25. The number of halogens is 1. The summed E-state index contributed by atoms with van der Waals surface area (Å²) in [6.45, 7) is 8.73. The van der Waals surface area contributed by atoms with Crippen LogP contribution < -0.4 is 0 Å². The molecule has 1 aromatic rings. The van der Waals surface area contributed by atoms with E-state index in [4.69, 9.17) is 11.6 Å². The van der Waals surface area contributed by atoms with Crippen molar-refractivity contribution in [3.05, 3.63) is 34.4 Å². The Labute approximate surface area is 85.9 Å². The van der Waals surface area contributed by atoms with Gasteiger partial charge in [-0.25, -0.2) is 0 Å². The molecule has 0 aliphatic heterocycles. The maximum absolute atomic E-state index is 5.88. The van der Waals surface area contributed by atoms with Crippen LogP contribution in [0.3, 0.4) is 0 Å². The van der Waals surface area contributed by atoms with E-state index in [2.05, 4.69) is 39.8 Å². The predicted octanol–water partition coefficient (Wildman–Crippen LogP) is 4.17. The summed E-state index contributed by atoms with van der Waals surface area (Å²) in [5.74, 6) is 1.20. The van der Waals surface area contributed by atoms with E-state index in [1.54, 1.807) is 0 Å². The van der Waals surface area contributed by atoms with E-state index in [1.165, 1.54) is 22.3 Å². The van der Waals surface area contributed by atoms with Crippen molar-refractivity contribution < 1.29 is 0 Å². The summed E-state index contributed by atoms with van der Waals surface area (Å²) >= 11 is 5.88. The smallest absolute Gasteiger partial charge is 0.0476 e. The van der Waals surface area contributed by atoms with Gasteiger partial charge in [-0.1, -0.05) is 31.5 Å². The molecule has 0 fully saturated rings. The van der Waals surface area contributed by atoms with Gasteiger partial charge in [-0.05, 0) is 36.5 Å². The van der Waals surface area contributed by atoms with E-state index in [-0.39, 0.29) is 0 Å². The van der Waals surface area contributed by atoms with Crippen LogP contribution in [0.25, 0.3) is 0 Å². The van der Waals surface area contributed by atoms with Gasteiger partial charge in [0.15, 0.2) is 0 Å². The van der Waals surface area contributed by atoms with Crippen LogP contribution in [-0.4, -0.2) is 0 Å². The molecule has 0 aromatic heterocycles. The number of alkyl halides is 1. The van der Waals surface area contributed by atoms with Crippen molar-refractivity contribution in [2.45, 2.75) is 39.5 Å². The SMILES string of the molecule is Cc1cc(CCl)c(C)c(C(C)C)c1.